The molecule has 0 radical (unpaired) electrons. The Morgan fingerprint density at radius 1 is 1.45 bits per heavy atom. The van der Waals surface area contributed by atoms with E-state index in [2.05, 4.69) is 5.32 Å². The number of carboxylic acid groups (broad SMARTS) is 1. The molecular formula is C16H23NO3. The third-order valence-corrected chi connectivity index (χ3v) is 3.82. The molecule has 0 amide bonds. The lowest BCUT2D eigenvalue weighted by Crippen LogP contribution is -2.31. The van der Waals surface area contributed by atoms with Crippen molar-refractivity contribution in [3.63, 3.8) is 0 Å². The second-order valence-electron chi connectivity index (χ2n) is 5.48. The van der Waals surface area contributed by atoms with Crippen molar-refractivity contribution in [3.8, 4) is 5.75 Å². The van der Waals surface area contributed by atoms with Crippen LogP contribution in [0.1, 0.15) is 38.2 Å². The van der Waals surface area contributed by atoms with Gasteiger partial charge in [0.2, 0.25) is 0 Å². The average Bonchev–Trinajstić information content (AvgIpc) is 2.42. The van der Waals surface area contributed by atoms with Crippen molar-refractivity contribution in [3.05, 3.63) is 23.8 Å². The lowest BCUT2D eigenvalue weighted by atomic mass is 9.85. The third-order valence-electron chi connectivity index (χ3n) is 3.82. The normalized spacial score (nSPS) is 22.3. The topological polar surface area (TPSA) is 58.6 Å². The Kier molecular flexibility index (Phi) is 4.88. The van der Waals surface area contributed by atoms with Gasteiger partial charge in [0.25, 0.3) is 0 Å². The van der Waals surface area contributed by atoms with Crippen LogP contribution in [0.2, 0.25) is 0 Å². The molecule has 0 spiro atoms. The first kappa shape index (κ1) is 14.7. The van der Waals surface area contributed by atoms with Crippen molar-refractivity contribution < 1.29 is 14.6 Å². The number of aryl methyl sites for hydroxylation is 1. The fourth-order valence-electron chi connectivity index (χ4n) is 2.79. The number of anilines is 1. The first-order chi connectivity index (χ1) is 9.60. The molecule has 2 unspecified atom stereocenters. The average molecular weight is 277 g/mol. The molecule has 2 N–H and O–H groups in total. The van der Waals surface area contributed by atoms with E-state index in [0.717, 1.165) is 36.3 Å². The van der Waals surface area contributed by atoms with Crippen molar-refractivity contribution in [1.82, 2.24) is 0 Å². The van der Waals surface area contributed by atoms with Crippen molar-refractivity contribution >= 4 is 11.7 Å². The molecule has 1 aromatic carbocycles. The summed E-state index contributed by atoms with van der Waals surface area (Å²) in [5, 5.41) is 12.6. The molecule has 1 aromatic rings. The molecule has 2 rings (SSSR count). The molecule has 0 saturated heterocycles. The van der Waals surface area contributed by atoms with Crippen LogP contribution in [0.3, 0.4) is 0 Å². The fourth-order valence-corrected chi connectivity index (χ4v) is 2.79. The highest BCUT2D eigenvalue weighted by molar-refractivity contribution is 5.70. The number of carbonyl (C=O) groups is 1. The smallest absolute Gasteiger partial charge is 0.306 e. The second-order valence-corrected chi connectivity index (χ2v) is 5.48. The minimum absolute atomic E-state index is 0.215. The van der Waals surface area contributed by atoms with Gasteiger partial charge in [-0.15, -0.1) is 0 Å². The Labute approximate surface area is 120 Å². The molecule has 1 saturated carbocycles. The molecule has 1 fully saturated rings. The Bertz CT molecular complexity index is 473. The quantitative estimate of drug-likeness (QED) is 0.865. The van der Waals surface area contributed by atoms with Crippen LogP contribution in [0, 0.1) is 12.8 Å². The molecule has 0 bridgehead atoms. The van der Waals surface area contributed by atoms with Gasteiger partial charge in [0.1, 0.15) is 5.75 Å². The van der Waals surface area contributed by atoms with Crippen LogP contribution >= 0.6 is 0 Å². The summed E-state index contributed by atoms with van der Waals surface area (Å²) in [5.41, 5.74) is 2.12. The Morgan fingerprint density at radius 2 is 2.25 bits per heavy atom. The van der Waals surface area contributed by atoms with Crippen molar-refractivity contribution in [2.24, 2.45) is 5.92 Å². The highest BCUT2D eigenvalue weighted by Crippen LogP contribution is 2.31. The van der Waals surface area contributed by atoms with Crippen LogP contribution in [0.15, 0.2) is 18.2 Å². The zero-order chi connectivity index (χ0) is 14.5. The van der Waals surface area contributed by atoms with E-state index in [1.165, 1.54) is 0 Å². The number of benzene rings is 1. The molecule has 110 valence electrons. The van der Waals surface area contributed by atoms with Gasteiger partial charge >= 0.3 is 5.97 Å². The van der Waals surface area contributed by atoms with E-state index in [9.17, 15) is 4.79 Å². The van der Waals surface area contributed by atoms with E-state index in [1.54, 1.807) is 0 Å². The lowest BCUT2D eigenvalue weighted by Gasteiger charge is -2.28. The van der Waals surface area contributed by atoms with Gasteiger partial charge in [0, 0.05) is 6.04 Å². The summed E-state index contributed by atoms with van der Waals surface area (Å²) in [6.45, 7) is 4.63. The zero-order valence-electron chi connectivity index (χ0n) is 12.2. The minimum Gasteiger partial charge on any atom is -0.492 e. The van der Waals surface area contributed by atoms with E-state index in [0.29, 0.717) is 13.0 Å². The Balaban J connectivity index is 2.07. The Hall–Kier alpha value is -1.71. The van der Waals surface area contributed by atoms with Crippen molar-refractivity contribution in [2.45, 2.75) is 45.6 Å². The van der Waals surface area contributed by atoms with Crippen LogP contribution < -0.4 is 10.1 Å². The van der Waals surface area contributed by atoms with Gasteiger partial charge in [-0.1, -0.05) is 12.5 Å². The maximum atomic E-state index is 11.1. The molecular weight excluding hydrogens is 254 g/mol. The minimum atomic E-state index is -0.676. The summed E-state index contributed by atoms with van der Waals surface area (Å²) >= 11 is 0. The highest BCUT2D eigenvalue weighted by Gasteiger charge is 2.27. The number of ether oxygens (including phenoxy) is 1. The van der Waals surface area contributed by atoms with E-state index in [1.807, 2.05) is 32.0 Å². The van der Waals surface area contributed by atoms with E-state index in [4.69, 9.17) is 9.84 Å². The molecule has 1 aliphatic rings. The van der Waals surface area contributed by atoms with Crippen LogP contribution in [0.25, 0.3) is 0 Å². The number of carboxylic acids is 1. The molecule has 4 heteroatoms. The summed E-state index contributed by atoms with van der Waals surface area (Å²) in [6.07, 6.45) is 3.46. The highest BCUT2D eigenvalue weighted by atomic mass is 16.5. The number of rotatable bonds is 5. The Morgan fingerprint density at radius 3 is 2.95 bits per heavy atom. The predicted octanol–water partition coefficient (Wildman–Crippen LogP) is 3.45. The first-order valence-corrected chi connectivity index (χ1v) is 7.33. The number of hydrogen-bond donors (Lipinski definition) is 2. The fraction of sp³-hybridized carbons (Fsp3) is 0.562. The summed E-state index contributed by atoms with van der Waals surface area (Å²) in [4.78, 5) is 11.1. The predicted molar refractivity (Wildman–Crippen MR) is 79.4 cm³/mol. The van der Waals surface area contributed by atoms with Gasteiger partial charge < -0.3 is 15.2 Å². The molecule has 2 atom stereocenters. The SMILES string of the molecule is CCOc1cc(C)ccc1NC1CCCC(C(=O)O)C1. The van der Waals surface area contributed by atoms with Gasteiger partial charge in [-0.2, -0.15) is 0 Å². The summed E-state index contributed by atoms with van der Waals surface area (Å²) in [5.74, 6) is -0.0439. The van der Waals surface area contributed by atoms with Crippen LogP contribution in [-0.4, -0.2) is 23.7 Å². The molecule has 20 heavy (non-hydrogen) atoms. The molecule has 0 aromatic heterocycles. The van der Waals surface area contributed by atoms with Crippen LogP contribution in [0.4, 0.5) is 5.69 Å². The zero-order valence-corrected chi connectivity index (χ0v) is 12.2. The molecule has 0 aliphatic heterocycles. The number of hydrogen-bond acceptors (Lipinski definition) is 3. The number of aliphatic carboxylic acids is 1. The maximum absolute atomic E-state index is 11.1. The summed E-state index contributed by atoms with van der Waals surface area (Å²) < 4.78 is 5.65. The van der Waals surface area contributed by atoms with Gasteiger partial charge in [-0.3, -0.25) is 4.79 Å². The second kappa shape index (κ2) is 6.64. The van der Waals surface area contributed by atoms with Crippen LogP contribution in [0.5, 0.6) is 5.75 Å². The standard InChI is InChI=1S/C16H23NO3/c1-3-20-15-9-11(2)7-8-14(15)17-13-6-4-5-12(10-13)16(18)19/h7-9,12-13,17H,3-6,10H2,1-2H3,(H,18,19). The molecule has 0 heterocycles. The summed E-state index contributed by atoms with van der Waals surface area (Å²) in [7, 11) is 0. The van der Waals surface area contributed by atoms with E-state index >= 15 is 0 Å². The van der Waals surface area contributed by atoms with Crippen molar-refractivity contribution in [2.75, 3.05) is 11.9 Å². The van der Waals surface area contributed by atoms with Gasteiger partial charge in [-0.25, -0.2) is 0 Å². The molecule has 1 aliphatic carbocycles. The van der Waals surface area contributed by atoms with Gasteiger partial charge in [0.05, 0.1) is 18.2 Å². The first-order valence-electron chi connectivity index (χ1n) is 7.33. The largest absolute Gasteiger partial charge is 0.492 e. The lowest BCUT2D eigenvalue weighted by molar-refractivity contribution is -0.142. The third kappa shape index (κ3) is 3.65. The number of nitrogens with one attached hydrogen (secondary N) is 1. The van der Waals surface area contributed by atoms with Gasteiger partial charge in [0.15, 0.2) is 0 Å². The van der Waals surface area contributed by atoms with Crippen LogP contribution in [-0.2, 0) is 4.79 Å². The van der Waals surface area contributed by atoms with Crippen molar-refractivity contribution in [1.29, 1.82) is 0 Å². The van der Waals surface area contributed by atoms with E-state index in [-0.39, 0.29) is 12.0 Å². The van der Waals surface area contributed by atoms with Gasteiger partial charge in [-0.05, 0) is 50.8 Å². The monoisotopic (exact) mass is 277 g/mol. The maximum Gasteiger partial charge on any atom is 0.306 e. The summed E-state index contributed by atoms with van der Waals surface area (Å²) in [6, 6.07) is 6.29. The molecule has 4 nitrogen and oxygen atoms in total. The van der Waals surface area contributed by atoms with E-state index < -0.39 is 5.97 Å².